The summed E-state index contributed by atoms with van der Waals surface area (Å²) in [7, 11) is 1.69. The first-order chi connectivity index (χ1) is 13.2. The molecular formula is C19H29F3IN5O. The van der Waals surface area contributed by atoms with Gasteiger partial charge in [0.25, 0.3) is 0 Å². The smallest absolute Gasteiger partial charge is 0.368 e. The number of carbonyl (C=O) groups is 1. The van der Waals surface area contributed by atoms with Crippen molar-refractivity contribution < 1.29 is 18.0 Å². The molecule has 0 unspecified atom stereocenters. The summed E-state index contributed by atoms with van der Waals surface area (Å²) in [5, 5.41) is 6.05. The topological polar surface area (TPSA) is 60.0 Å². The Kier molecular flexibility index (Phi) is 10.0. The Morgan fingerprint density at radius 3 is 2.31 bits per heavy atom. The van der Waals surface area contributed by atoms with Gasteiger partial charge >= 0.3 is 6.18 Å². The van der Waals surface area contributed by atoms with Crippen LogP contribution in [0.25, 0.3) is 0 Å². The first kappa shape index (κ1) is 25.3. The molecule has 1 aromatic carbocycles. The second-order valence-corrected chi connectivity index (χ2v) is 6.94. The van der Waals surface area contributed by atoms with E-state index in [1.807, 2.05) is 18.7 Å². The number of aliphatic imine (C=N–C) groups is 1. The molecule has 0 spiro atoms. The summed E-state index contributed by atoms with van der Waals surface area (Å²) in [6.45, 7) is 7.23. The fourth-order valence-corrected chi connectivity index (χ4v) is 2.95. The lowest BCUT2D eigenvalue weighted by Crippen LogP contribution is -2.53. The van der Waals surface area contributed by atoms with E-state index in [-0.39, 0.29) is 35.8 Å². The van der Waals surface area contributed by atoms with Crippen molar-refractivity contribution in [3.05, 3.63) is 29.8 Å². The molecule has 1 amide bonds. The van der Waals surface area contributed by atoms with Gasteiger partial charge in [-0.2, -0.15) is 13.2 Å². The third-order valence-corrected chi connectivity index (χ3v) is 4.56. The Hall–Kier alpha value is -1.72. The second kappa shape index (κ2) is 11.5. The first-order valence-electron chi connectivity index (χ1n) is 9.38. The number of hydrogen-bond donors (Lipinski definition) is 2. The minimum atomic E-state index is -4.34. The monoisotopic (exact) mass is 527 g/mol. The molecule has 0 aliphatic carbocycles. The van der Waals surface area contributed by atoms with Crippen LogP contribution in [-0.2, 0) is 11.0 Å². The van der Waals surface area contributed by atoms with Gasteiger partial charge in [-0.15, -0.1) is 24.0 Å². The van der Waals surface area contributed by atoms with Crippen LogP contribution in [0.3, 0.4) is 0 Å². The van der Waals surface area contributed by atoms with Crippen LogP contribution in [-0.4, -0.2) is 63.1 Å². The lowest BCUT2D eigenvalue weighted by molar-refractivity contribution is -0.137. The number of benzene rings is 1. The van der Waals surface area contributed by atoms with Crippen molar-refractivity contribution in [2.24, 2.45) is 10.9 Å². The van der Waals surface area contributed by atoms with Gasteiger partial charge in [-0.05, 0) is 18.2 Å². The molecule has 6 nitrogen and oxygen atoms in total. The number of piperazine rings is 1. The summed E-state index contributed by atoms with van der Waals surface area (Å²) in [4.78, 5) is 19.8. The fourth-order valence-electron chi connectivity index (χ4n) is 2.95. The average Bonchev–Trinajstić information content (AvgIpc) is 2.67. The van der Waals surface area contributed by atoms with Gasteiger partial charge in [0.15, 0.2) is 5.96 Å². The molecule has 0 atom stereocenters. The largest absolute Gasteiger partial charge is 0.416 e. The molecule has 2 N–H and O–H groups in total. The van der Waals surface area contributed by atoms with Crippen molar-refractivity contribution in [3.63, 3.8) is 0 Å². The summed E-state index contributed by atoms with van der Waals surface area (Å²) < 4.78 is 38.7. The van der Waals surface area contributed by atoms with Crippen LogP contribution < -0.4 is 15.5 Å². The van der Waals surface area contributed by atoms with Gasteiger partial charge in [0.05, 0.1) is 5.56 Å². The average molecular weight is 527 g/mol. The predicted molar refractivity (Wildman–Crippen MR) is 120 cm³/mol. The Morgan fingerprint density at radius 1 is 1.14 bits per heavy atom. The number of nitrogens with zero attached hydrogens (tertiary/aromatic N) is 3. The summed E-state index contributed by atoms with van der Waals surface area (Å²) in [6, 6.07) is 5.43. The van der Waals surface area contributed by atoms with Crippen molar-refractivity contribution in [3.8, 4) is 0 Å². The van der Waals surface area contributed by atoms with Crippen molar-refractivity contribution >= 4 is 41.5 Å². The van der Waals surface area contributed by atoms with E-state index in [4.69, 9.17) is 0 Å². The van der Waals surface area contributed by atoms with Gasteiger partial charge in [-0.25, -0.2) is 0 Å². The van der Waals surface area contributed by atoms with Gasteiger partial charge in [0, 0.05) is 57.9 Å². The molecule has 164 valence electrons. The molecule has 1 fully saturated rings. The Bertz CT molecular complexity index is 689. The molecule has 1 aliphatic heterocycles. The lowest BCUT2D eigenvalue weighted by atomic mass is 10.1. The summed E-state index contributed by atoms with van der Waals surface area (Å²) in [5.41, 5.74) is -0.0535. The van der Waals surface area contributed by atoms with Crippen LogP contribution in [0.5, 0.6) is 0 Å². The standard InChI is InChI=1S/C19H28F3N5O.HI/c1-14(2)17(28)24-7-8-25-18(23-3)27-11-9-26(10-12-27)16-6-4-5-15(13-16)19(20,21)22;/h4-6,13-14H,7-12H2,1-3H3,(H,23,25)(H,24,28);1H. The maximum Gasteiger partial charge on any atom is 0.416 e. The summed E-state index contributed by atoms with van der Waals surface area (Å²) in [5.74, 6) is 0.678. The van der Waals surface area contributed by atoms with E-state index in [9.17, 15) is 18.0 Å². The number of hydrogen-bond acceptors (Lipinski definition) is 3. The minimum Gasteiger partial charge on any atom is -0.368 e. The van der Waals surface area contributed by atoms with Gasteiger partial charge < -0.3 is 20.4 Å². The normalized spacial score (nSPS) is 15.2. The zero-order chi connectivity index (χ0) is 20.7. The van der Waals surface area contributed by atoms with Gasteiger partial charge in [0.1, 0.15) is 0 Å². The van der Waals surface area contributed by atoms with E-state index in [2.05, 4.69) is 20.5 Å². The number of halogens is 4. The predicted octanol–water partition coefficient (Wildman–Crippen LogP) is 2.79. The number of rotatable bonds is 5. The lowest BCUT2D eigenvalue weighted by Gasteiger charge is -2.37. The minimum absolute atomic E-state index is 0. The Morgan fingerprint density at radius 2 is 1.76 bits per heavy atom. The van der Waals surface area contributed by atoms with Crippen LogP contribution in [0, 0.1) is 5.92 Å². The number of guanidine groups is 1. The van der Waals surface area contributed by atoms with Gasteiger partial charge in [-0.3, -0.25) is 9.79 Å². The molecule has 0 aromatic heterocycles. The van der Waals surface area contributed by atoms with Crippen molar-refractivity contribution in [1.29, 1.82) is 0 Å². The van der Waals surface area contributed by atoms with Crippen LogP contribution in [0.15, 0.2) is 29.3 Å². The highest BCUT2D eigenvalue weighted by molar-refractivity contribution is 14.0. The summed E-state index contributed by atoms with van der Waals surface area (Å²) >= 11 is 0. The quantitative estimate of drug-likeness (QED) is 0.268. The molecule has 2 rings (SSSR count). The SMILES string of the molecule is CN=C(NCCNC(=O)C(C)C)N1CCN(c2cccc(C(F)(F)F)c2)CC1.I. The Labute approximate surface area is 186 Å². The fraction of sp³-hybridized carbons (Fsp3) is 0.579. The molecule has 1 aromatic rings. The number of carbonyl (C=O) groups excluding carboxylic acids is 1. The second-order valence-electron chi connectivity index (χ2n) is 6.94. The molecule has 10 heteroatoms. The van der Waals surface area contributed by atoms with Gasteiger partial charge in [0.2, 0.25) is 5.91 Å². The first-order valence-corrected chi connectivity index (χ1v) is 9.38. The molecule has 1 heterocycles. The third kappa shape index (κ3) is 7.56. The van der Waals surface area contributed by atoms with E-state index in [1.54, 1.807) is 13.1 Å². The molecular weight excluding hydrogens is 498 g/mol. The highest BCUT2D eigenvalue weighted by atomic mass is 127. The molecule has 0 saturated carbocycles. The molecule has 1 saturated heterocycles. The molecule has 1 aliphatic rings. The van der Waals surface area contributed by atoms with E-state index in [0.717, 1.165) is 12.0 Å². The highest BCUT2D eigenvalue weighted by Crippen LogP contribution is 2.31. The zero-order valence-corrected chi connectivity index (χ0v) is 19.3. The number of nitrogens with one attached hydrogen (secondary N) is 2. The number of amides is 1. The maximum absolute atomic E-state index is 12.9. The van der Waals surface area contributed by atoms with Crippen LogP contribution >= 0.6 is 24.0 Å². The van der Waals surface area contributed by atoms with E-state index < -0.39 is 11.7 Å². The van der Waals surface area contributed by atoms with E-state index in [1.165, 1.54) is 12.1 Å². The maximum atomic E-state index is 12.9. The number of alkyl halides is 3. The molecule has 0 radical (unpaired) electrons. The van der Waals surface area contributed by atoms with Crippen molar-refractivity contribution in [2.45, 2.75) is 20.0 Å². The molecule has 0 bridgehead atoms. The van der Waals surface area contributed by atoms with Gasteiger partial charge in [-0.1, -0.05) is 19.9 Å². The van der Waals surface area contributed by atoms with Crippen LogP contribution in [0.2, 0.25) is 0 Å². The molecule has 29 heavy (non-hydrogen) atoms. The third-order valence-electron chi connectivity index (χ3n) is 4.56. The van der Waals surface area contributed by atoms with Crippen molar-refractivity contribution in [1.82, 2.24) is 15.5 Å². The van der Waals surface area contributed by atoms with Crippen molar-refractivity contribution in [2.75, 3.05) is 51.2 Å². The van der Waals surface area contributed by atoms with Crippen LogP contribution in [0.1, 0.15) is 19.4 Å². The van der Waals surface area contributed by atoms with E-state index >= 15 is 0 Å². The summed E-state index contributed by atoms with van der Waals surface area (Å²) in [6.07, 6.45) is -4.34. The van der Waals surface area contributed by atoms with Crippen LogP contribution in [0.4, 0.5) is 18.9 Å². The Balaban J connectivity index is 0.00000420. The van der Waals surface area contributed by atoms with E-state index in [0.29, 0.717) is 45.0 Å². The number of anilines is 1. The highest BCUT2D eigenvalue weighted by Gasteiger charge is 2.31. The zero-order valence-electron chi connectivity index (χ0n) is 16.9.